The zero-order valence-electron chi connectivity index (χ0n) is 7.98. The van der Waals surface area contributed by atoms with Gasteiger partial charge in [-0.25, -0.2) is 8.42 Å². The monoisotopic (exact) mass is 232 g/mol. The second-order valence-electron chi connectivity index (χ2n) is 2.65. The molecule has 0 saturated heterocycles. The second-order valence-corrected chi connectivity index (χ2v) is 5.47. The second kappa shape index (κ2) is 6.62. The lowest BCUT2D eigenvalue weighted by molar-refractivity contribution is 0.612. The Hall–Kier alpha value is -0.800. The molecule has 0 spiro atoms. The van der Waals surface area contributed by atoms with Crippen molar-refractivity contribution in [1.29, 1.82) is 0 Å². The summed E-state index contributed by atoms with van der Waals surface area (Å²) in [6.07, 6.45) is 1.24. The van der Waals surface area contributed by atoms with E-state index in [1.807, 2.05) is 18.2 Å². The molecule has 4 heteroatoms. The van der Waals surface area contributed by atoms with Crippen molar-refractivity contribution in [3.8, 4) is 0 Å². The maximum Gasteiger partial charge on any atom is 0.236 e. The van der Waals surface area contributed by atoms with E-state index in [9.17, 15) is 8.42 Å². The van der Waals surface area contributed by atoms with Gasteiger partial charge in [0.15, 0.2) is 0 Å². The number of rotatable bonds is 2. The summed E-state index contributed by atoms with van der Waals surface area (Å²) in [4.78, 5) is 0. The maximum atomic E-state index is 9.93. The van der Waals surface area contributed by atoms with E-state index in [1.54, 1.807) is 0 Å². The van der Waals surface area contributed by atoms with Crippen LogP contribution in [0, 0.1) is 6.92 Å². The van der Waals surface area contributed by atoms with Crippen molar-refractivity contribution in [3.05, 3.63) is 48.6 Å². The van der Waals surface area contributed by atoms with Gasteiger partial charge in [0, 0.05) is 10.7 Å². The predicted octanol–water partition coefficient (Wildman–Crippen LogP) is 2.74. The highest BCUT2D eigenvalue weighted by atomic mass is 35.7. The van der Waals surface area contributed by atoms with Gasteiger partial charge in [-0.05, 0) is 6.92 Å². The average molecular weight is 233 g/mol. The Morgan fingerprint density at radius 3 is 2.00 bits per heavy atom. The van der Waals surface area contributed by atoms with Crippen molar-refractivity contribution in [1.82, 2.24) is 0 Å². The van der Waals surface area contributed by atoms with E-state index < -0.39 is 9.05 Å². The van der Waals surface area contributed by atoms with Crippen molar-refractivity contribution < 1.29 is 8.42 Å². The highest BCUT2D eigenvalue weighted by Crippen LogP contribution is 1.93. The molecule has 14 heavy (non-hydrogen) atoms. The molecule has 1 aromatic rings. The van der Waals surface area contributed by atoms with Crippen molar-refractivity contribution in [2.75, 3.05) is 5.75 Å². The number of hydrogen-bond acceptors (Lipinski definition) is 2. The van der Waals surface area contributed by atoms with Crippen LogP contribution in [0.2, 0.25) is 0 Å². The summed E-state index contributed by atoms with van der Waals surface area (Å²) in [5.41, 5.74) is 1.32. The molecular formula is C10H13ClO2S. The fourth-order valence-corrected chi connectivity index (χ4v) is 1.22. The van der Waals surface area contributed by atoms with Crippen LogP contribution in [0.3, 0.4) is 0 Å². The van der Waals surface area contributed by atoms with Crippen molar-refractivity contribution >= 4 is 19.7 Å². The SMILES string of the molecule is C=CCS(=O)(=O)Cl.Cc1ccccc1. The van der Waals surface area contributed by atoms with Crippen LogP contribution in [-0.2, 0) is 9.05 Å². The molecule has 0 unspecified atom stereocenters. The first-order valence-corrected chi connectivity index (χ1v) is 6.48. The molecule has 0 bridgehead atoms. The summed E-state index contributed by atoms with van der Waals surface area (Å²) in [7, 11) is 1.41. The molecule has 0 radical (unpaired) electrons. The lowest BCUT2D eigenvalue weighted by Crippen LogP contribution is -1.90. The average Bonchev–Trinajstić information content (AvgIpc) is 2.04. The molecule has 0 aliphatic heterocycles. The molecule has 0 aliphatic carbocycles. The highest BCUT2D eigenvalue weighted by molar-refractivity contribution is 8.13. The molecule has 0 heterocycles. The summed E-state index contributed by atoms with van der Waals surface area (Å²) in [6, 6.07) is 10.3. The zero-order valence-corrected chi connectivity index (χ0v) is 9.55. The largest absolute Gasteiger partial charge is 0.236 e. The van der Waals surface area contributed by atoms with Gasteiger partial charge in [0.1, 0.15) is 0 Å². The molecule has 1 aromatic carbocycles. The van der Waals surface area contributed by atoms with Crippen LogP contribution in [0.1, 0.15) is 5.56 Å². The molecule has 0 aliphatic rings. The fraction of sp³-hybridized carbons (Fsp3) is 0.200. The molecular weight excluding hydrogens is 220 g/mol. The Labute approximate surface area is 89.6 Å². The quantitative estimate of drug-likeness (QED) is 0.581. The standard InChI is InChI=1S/C7H8.C3H5ClO2S/c1-7-5-3-2-4-6-7;1-2-3-7(4,5)6/h2-6H,1H3;2H,1,3H2. The Balaban J connectivity index is 0.000000241. The third-order valence-corrected chi connectivity index (χ3v) is 2.27. The van der Waals surface area contributed by atoms with Crippen molar-refractivity contribution in [3.63, 3.8) is 0 Å². The molecule has 0 aromatic heterocycles. The minimum absolute atomic E-state index is 0.158. The maximum absolute atomic E-state index is 9.93. The Morgan fingerprint density at radius 1 is 1.36 bits per heavy atom. The molecule has 0 N–H and O–H groups in total. The molecule has 0 saturated carbocycles. The topological polar surface area (TPSA) is 34.1 Å². The van der Waals surface area contributed by atoms with E-state index in [0.717, 1.165) is 0 Å². The van der Waals surface area contributed by atoms with E-state index in [2.05, 4.69) is 25.6 Å². The number of halogens is 1. The molecule has 1 rings (SSSR count). The normalized spacial score (nSPS) is 9.86. The summed E-state index contributed by atoms with van der Waals surface area (Å²) in [5, 5.41) is 0. The van der Waals surface area contributed by atoms with E-state index in [1.165, 1.54) is 11.6 Å². The van der Waals surface area contributed by atoms with Gasteiger partial charge < -0.3 is 0 Å². The minimum Gasteiger partial charge on any atom is -0.212 e. The van der Waals surface area contributed by atoms with Gasteiger partial charge >= 0.3 is 0 Å². The van der Waals surface area contributed by atoms with Gasteiger partial charge in [-0.1, -0.05) is 42.0 Å². The Bertz CT molecular complexity index is 357. The van der Waals surface area contributed by atoms with E-state index in [0.29, 0.717) is 0 Å². The lowest BCUT2D eigenvalue weighted by atomic mass is 10.2. The van der Waals surface area contributed by atoms with Crippen molar-refractivity contribution in [2.45, 2.75) is 6.92 Å². The van der Waals surface area contributed by atoms with Crippen LogP contribution in [-0.4, -0.2) is 14.2 Å². The molecule has 0 fully saturated rings. The van der Waals surface area contributed by atoms with Crippen LogP contribution < -0.4 is 0 Å². The van der Waals surface area contributed by atoms with Gasteiger partial charge in [0.25, 0.3) is 0 Å². The lowest BCUT2D eigenvalue weighted by Gasteiger charge is -1.82. The number of benzene rings is 1. The Kier molecular flexibility index (Phi) is 6.25. The molecule has 78 valence electrons. The van der Waals surface area contributed by atoms with E-state index >= 15 is 0 Å². The summed E-state index contributed by atoms with van der Waals surface area (Å²) >= 11 is 0. The van der Waals surface area contributed by atoms with Crippen LogP contribution in [0.5, 0.6) is 0 Å². The number of aryl methyl sites for hydroxylation is 1. The van der Waals surface area contributed by atoms with Crippen LogP contribution in [0.4, 0.5) is 0 Å². The van der Waals surface area contributed by atoms with Crippen molar-refractivity contribution in [2.24, 2.45) is 0 Å². The van der Waals surface area contributed by atoms with Gasteiger partial charge in [-0.3, -0.25) is 0 Å². The summed E-state index contributed by atoms with van der Waals surface area (Å²) in [6.45, 7) is 5.27. The van der Waals surface area contributed by atoms with E-state index in [4.69, 9.17) is 10.7 Å². The van der Waals surface area contributed by atoms with Gasteiger partial charge in [0.2, 0.25) is 9.05 Å². The minimum atomic E-state index is -3.32. The predicted molar refractivity (Wildman–Crippen MR) is 61.0 cm³/mol. The highest BCUT2D eigenvalue weighted by Gasteiger charge is 1.97. The van der Waals surface area contributed by atoms with Crippen LogP contribution in [0.15, 0.2) is 43.0 Å². The van der Waals surface area contributed by atoms with Gasteiger partial charge in [0.05, 0.1) is 5.75 Å². The first-order chi connectivity index (χ1) is 6.45. The third-order valence-electron chi connectivity index (χ3n) is 1.26. The van der Waals surface area contributed by atoms with Crippen LogP contribution in [0.25, 0.3) is 0 Å². The molecule has 2 nitrogen and oxygen atoms in total. The zero-order chi connectivity index (χ0) is 11.0. The smallest absolute Gasteiger partial charge is 0.212 e. The first kappa shape index (κ1) is 13.2. The van der Waals surface area contributed by atoms with Gasteiger partial charge in [-0.2, -0.15) is 0 Å². The fourth-order valence-electron chi connectivity index (χ4n) is 0.675. The number of hydrogen-bond donors (Lipinski definition) is 0. The Morgan fingerprint density at radius 2 is 1.86 bits per heavy atom. The molecule has 0 atom stereocenters. The summed E-state index contributed by atoms with van der Waals surface area (Å²) in [5.74, 6) is -0.158. The van der Waals surface area contributed by atoms with Gasteiger partial charge in [-0.15, -0.1) is 6.58 Å². The summed E-state index contributed by atoms with van der Waals surface area (Å²) < 4.78 is 19.9. The first-order valence-electron chi connectivity index (χ1n) is 4.00. The van der Waals surface area contributed by atoms with E-state index in [-0.39, 0.29) is 5.75 Å². The molecule has 0 amide bonds. The third kappa shape index (κ3) is 9.29. The van der Waals surface area contributed by atoms with Crippen LogP contribution >= 0.6 is 10.7 Å².